The van der Waals surface area contributed by atoms with Crippen LogP contribution in [0, 0.1) is 11.3 Å². The van der Waals surface area contributed by atoms with E-state index >= 15 is 0 Å². The number of hydrogen-bond donors (Lipinski definition) is 2. The van der Waals surface area contributed by atoms with Gasteiger partial charge in [-0.05, 0) is 36.8 Å². The lowest BCUT2D eigenvalue weighted by atomic mass is 9.74. The number of aromatic nitrogens is 2. The number of aromatic amines is 1. The molecule has 2 N–H and O–H groups in total. The van der Waals surface area contributed by atoms with E-state index in [-0.39, 0.29) is 18.4 Å². The van der Waals surface area contributed by atoms with Gasteiger partial charge in [0, 0.05) is 31.2 Å². The zero-order chi connectivity index (χ0) is 19.0. The molecule has 8 nitrogen and oxygen atoms in total. The van der Waals surface area contributed by atoms with Crippen molar-refractivity contribution in [1.82, 2.24) is 15.1 Å². The molecule has 0 radical (unpaired) electrons. The molecule has 1 amide bonds. The zero-order valence-electron chi connectivity index (χ0n) is 15.0. The highest BCUT2D eigenvalue weighted by Gasteiger charge is 2.55. The first kappa shape index (κ1) is 17.5. The molecule has 2 aliphatic heterocycles. The Morgan fingerprint density at radius 1 is 1.37 bits per heavy atom. The summed E-state index contributed by atoms with van der Waals surface area (Å²) < 4.78 is 10.6. The van der Waals surface area contributed by atoms with Crippen molar-refractivity contribution in [3.63, 3.8) is 0 Å². The van der Waals surface area contributed by atoms with Gasteiger partial charge in [-0.3, -0.25) is 14.7 Å². The van der Waals surface area contributed by atoms with Crippen LogP contribution in [0.3, 0.4) is 0 Å². The van der Waals surface area contributed by atoms with E-state index in [9.17, 15) is 14.7 Å². The van der Waals surface area contributed by atoms with Crippen LogP contribution in [-0.4, -0.2) is 65.5 Å². The summed E-state index contributed by atoms with van der Waals surface area (Å²) in [4.78, 5) is 26.4. The highest BCUT2D eigenvalue weighted by molar-refractivity contribution is 5.94. The second kappa shape index (κ2) is 6.70. The maximum Gasteiger partial charge on any atom is 0.311 e. The van der Waals surface area contributed by atoms with Gasteiger partial charge < -0.3 is 19.5 Å². The Kier molecular flexibility index (Phi) is 4.35. The molecular weight excluding hydrogens is 350 g/mol. The van der Waals surface area contributed by atoms with Gasteiger partial charge in [0.2, 0.25) is 0 Å². The van der Waals surface area contributed by atoms with Crippen LogP contribution in [0.15, 0.2) is 30.3 Å². The van der Waals surface area contributed by atoms with Crippen LogP contribution in [-0.2, 0) is 9.53 Å². The summed E-state index contributed by atoms with van der Waals surface area (Å²) >= 11 is 0. The number of amides is 1. The predicted molar refractivity (Wildman–Crippen MR) is 95.5 cm³/mol. The molecule has 3 heterocycles. The van der Waals surface area contributed by atoms with Crippen molar-refractivity contribution in [2.75, 3.05) is 33.4 Å². The lowest BCUT2D eigenvalue weighted by Gasteiger charge is -2.33. The lowest BCUT2D eigenvalue weighted by Crippen LogP contribution is -2.45. The van der Waals surface area contributed by atoms with E-state index in [2.05, 4.69) is 10.2 Å². The van der Waals surface area contributed by atoms with E-state index in [0.717, 1.165) is 11.3 Å². The number of carbonyl (C=O) groups is 2. The quantitative estimate of drug-likeness (QED) is 0.847. The topological polar surface area (TPSA) is 105 Å². The van der Waals surface area contributed by atoms with Crippen molar-refractivity contribution in [2.24, 2.45) is 11.3 Å². The average molecular weight is 371 g/mol. The van der Waals surface area contributed by atoms with Crippen LogP contribution in [0.4, 0.5) is 0 Å². The largest absolute Gasteiger partial charge is 0.497 e. The molecule has 0 aliphatic carbocycles. The number of carbonyl (C=O) groups excluding carboxylic acids is 1. The summed E-state index contributed by atoms with van der Waals surface area (Å²) in [6.45, 7) is 1.36. The van der Waals surface area contributed by atoms with Crippen molar-refractivity contribution < 1.29 is 24.2 Å². The second-order valence-corrected chi connectivity index (χ2v) is 7.06. The van der Waals surface area contributed by atoms with Crippen LogP contribution >= 0.6 is 0 Å². The molecule has 2 atom stereocenters. The first-order valence-corrected chi connectivity index (χ1v) is 8.84. The number of fused-ring (bicyclic) bond motifs is 1. The Morgan fingerprint density at radius 3 is 2.81 bits per heavy atom. The summed E-state index contributed by atoms with van der Waals surface area (Å²) in [7, 11) is 1.60. The molecular formula is C19H21N3O5. The zero-order valence-corrected chi connectivity index (χ0v) is 15.0. The number of ether oxygens (including phenoxy) is 2. The van der Waals surface area contributed by atoms with Crippen LogP contribution in [0.25, 0.3) is 11.3 Å². The number of nitrogens with zero attached hydrogens (tertiary/aromatic N) is 2. The van der Waals surface area contributed by atoms with Gasteiger partial charge in [-0.25, -0.2) is 0 Å². The standard InChI is InChI=1S/C19H21N3O5/c1-26-14-4-2-12(3-5-14)15-8-16(21-20-15)17(23)22-9-13-10-27-7-6-19(13,11-22)18(24)25/h2-5,8,13H,6-7,9-11H2,1H3,(H,20,21)(H,24,25)/t13-,19+/m0/s1. The minimum absolute atomic E-state index is 0.184. The number of benzene rings is 1. The van der Waals surface area contributed by atoms with E-state index in [1.165, 1.54) is 0 Å². The highest BCUT2D eigenvalue weighted by Crippen LogP contribution is 2.42. The fourth-order valence-corrected chi connectivity index (χ4v) is 3.97. The third kappa shape index (κ3) is 2.95. The minimum Gasteiger partial charge on any atom is -0.497 e. The number of aliphatic carboxylic acids is 1. The van der Waals surface area contributed by atoms with Crippen molar-refractivity contribution in [3.05, 3.63) is 36.0 Å². The van der Waals surface area contributed by atoms with Crippen molar-refractivity contribution in [1.29, 1.82) is 0 Å². The molecule has 2 saturated heterocycles. The number of methoxy groups -OCH3 is 1. The fraction of sp³-hybridized carbons (Fsp3) is 0.421. The Hall–Kier alpha value is -2.87. The molecule has 2 aliphatic rings. The van der Waals surface area contributed by atoms with Gasteiger partial charge in [0.25, 0.3) is 5.91 Å². The molecule has 4 rings (SSSR count). The number of likely N-dealkylation sites (tertiary alicyclic amines) is 1. The normalized spacial score (nSPS) is 24.5. The van der Waals surface area contributed by atoms with Gasteiger partial charge in [0.15, 0.2) is 0 Å². The van der Waals surface area contributed by atoms with Gasteiger partial charge in [0.05, 0.1) is 24.8 Å². The average Bonchev–Trinajstić information content (AvgIpc) is 3.33. The first-order chi connectivity index (χ1) is 13.0. The SMILES string of the molecule is COc1ccc(-c2cc(C(=O)N3C[C@H]4COCC[C@@]4(C(=O)O)C3)[nH]n2)cc1. The number of rotatable bonds is 4. The number of carboxylic acids is 1. The molecule has 0 unspecified atom stereocenters. The van der Waals surface area contributed by atoms with Crippen LogP contribution in [0.1, 0.15) is 16.9 Å². The maximum absolute atomic E-state index is 12.9. The molecule has 27 heavy (non-hydrogen) atoms. The third-order valence-corrected chi connectivity index (χ3v) is 5.61. The van der Waals surface area contributed by atoms with Crippen molar-refractivity contribution >= 4 is 11.9 Å². The molecule has 1 aromatic carbocycles. The monoisotopic (exact) mass is 371 g/mol. The van der Waals surface area contributed by atoms with Crippen molar-refractivity contribution in [2.45, 2.75) is 6.42 Å². The Bertz CT molecular complexity index is 862. The smallest absolute Gasteiger partial charge is 0.311 e. The maximum atomic E-state index is 12.9. The van der Waals surface area contributed by atoms with Crippen molar-refractivity contribution in [3.8, 4) is 17.0 Å². The van der Waals surface area contributed by atoms with Crippen LogP contribution in [0.2, 0.25) is 0 Å². The predicted octanol–water partition coefficient (Wildman–Crippen LogP) is 1.65. The lowest BCUT2D eigenvalue weighted by molar-refractivity contribution is -0.157. The summed E-state index contributed by atoms with van der Waals surface area (Å²) in [5.41, 5.74) is 0.943. The number of hydrogen-bond acceptors (Lipinski definition) is 5. The van der Waals surface area contributed by atoms with Gasteiger partial charge in [-0.1, -0.05) is 0 Å². The van der Waals surface area contributed by atoms with Crippen LogP contribution < -0.4 is 4.74 Å². The van der Waals surface area contributed by atoms with Gasteiger partial charge in [0.1, 0.15) is 11.4 Å². The summed E-state index contributed by atoms with van der Waals surface area (Å²) in [5, 5.41) is 16.7. The third-order valence-electron chi connectivity index (χ3n) is 5.61. The molecule has 0 spiro atoms. The van der Waals surface area contributed by atoms with Gasteiger partial charge >= 0.3 is 5.97 Å². The molecule has 0 saturated carbocycles. The first-order valence-electron chi connectivity index (χ1n) is 8.84. The second-order valence-electron chi connectivity index (χ2n) is 7.06. The summed E-state index contributed by atoms with van der Waals surface area (Å²) in [6, 6.07) is 9.07. The van der Waals surface area contributed by atoms with Crippen LogP contribution in [0.5, 0.6) is 5.75 Å². The molecule has 2 aromatic rings. The van der Waals surface area contributed by atoms with E-state index < -0.39 is 11.4 Å². The fourth-order valence-electron chi connectivity index (χ4n) is 3.97. The highest BCUT2D eigenvalue weighted by atomic mass is 16.5. The Balaban J connectivity index is 1.53. The van der Waals surface area contributed by atoms with E-state index in [4.69, 9.17) is 9.47 Å². The van der Waals surface area contributed by atoms with Gasteiger partial charge in [-0.2, -0.15) is 5.10 Å². The molecule has 0 bridgehead atoms. The molecule has 8 heteroatoms. The minimum atomic E-state index is -0.910. The Morgan fingerprint density at radius 2 is 2.15 bits per heavy atom. The summed E-state index contributed by atoms with van der Waals surface area (Å²) in [6.07, 6.45) is 0.427. The number of nitrogens with one attached hydrogen (secondary N) is 1. The number of H-pyrrole nitrogens is 1. The van der Waals surface area contributed by atoms with Gasteiger partial charge in [-0.15, -0.1) is 0 Å². The van der Waals surface area contributed by atoms with E-state index in [1.807, 2.05) is 24.3 Å². The molecule has 1 aromatic heterocycles. The Labute approximate surface area is 156 Å². The number of carboxylic acid groups (broad SMARTS) is 1. The molecule has 142 valence electrons. The molecule has 2 fully saturated rings. The summed E-state index contributed by atoms with van der Waals surface area (Å²) in [5.74, 6) is -0.532. The van der Waals surface area contributed by atoms with E-state index in [0.29, 0.717) is 37.6 Å². The van der Waals surface area contributed by atoms with E-state index in [1.54, 1.807) is 18.1 Å².